The van der Waals surface area contributed by atoms with Gasteiger partial charge in [0.25, 0.3) is 0 Å². The highest BCUT2D eigenvalue weighted by atomic mass is 28.3. The van der Waals surface area contributed by atoms with Crippen LogP contribution < -0.4 is 0 Å². The molecule has 0 saturated carbocycles. The fourth-order valence-electron chi connectivity index (χ4n) is 0.725. The Labute approximate surface area is 75.6 Å². The molecule has 0 aromatic carbocycles. The molecule has 0 saturated heterocycles. The van der Waals surface area contributed by atoms with E-state index in [2.05, 4.69) is 25.3 Å². The fraction of sp³-hybridized carbons (Fsp3) is 0.667. The van der Waals surface area contributed by atoms with E-state index in [0.717, 1.165) is 0 Å². The maximum absolute atomic E-state index is 10.5. The van der Waals surface area contributed by atoms with Crippen molar-refractivity contribution in [3.05, 3.63) is 11.8 Å². The highest BCUT2D eigenvalue weighted by molar-refractivity contribution is 6.80. The van der Waals surface area contributed by atoms with Crippen LogP contribution in [0, 0.1) is 0 Å². The summed E-state index contributed by atoms with van der Waals surface area (Å²) < 4.78 is 4.94. The summed E-state index contributed by atoms with van der Waals surface area (Å²) in [5.74, 6) is -0.220. The summed E-state index contributed by atoms with van der Waals surface area (Å²) in [6.07, 6.45) is 1.88. The van der Waals surface area contributed by atoms with Gasteiger partial charge in [-0.3, -0.25) is 4.79 Å². The summed E-state index contributed by atoms with van der Waals surface area (Å²) in [6.45, 7) is 10.0. The van der Waals surface area contributed by atoms with Crippen molar-refractivity contribution < 1.29 is 9.53 Å². The molecule has 3 heteroatoms. The Bertz CT molecular complexity index is 179. The number of carbonyl (C=O) groups is 1. The first-order chi connectivity index (χ1) is 5.31. The molecule has 0 aliphatic rings. The van der Waals surface area contributed by atoms with Crippen LogP contribution >= 0.6 is 0 Å². The molecule has 70 valence electrons. The van der Waals surface area contributed by atoms with Crippen molar-refractivity contribution in [1.29, 1.82) is 0 Å². The van der Waals surface area contributed by atoms with Gasteiger partial charge in [-0.1, -0.05) is 31.4 Å². The summed E-state index contributed by atoms with van der Waals surface area (Å²) in [5, 5.41) is 0. The van der Waals surface area contributed by atoms with Gasteiger partial charge in [0.15, 0.2) is 0 Å². The topological polar surface area (TPSA) is 26.3 Å². The van der Waals surface area contributed by atoms with Crippen molar-refractivity contribution in [2.45, 2.75) is 39.6 Å². The van der Waals surface area contributed by atoms with E-state index in [-0.39, 0.29) is 12.1 Å². The number of carbonyl (C=O) groups excluding carboxylic acids is 1. The van der Waals surface area contributed by atoms with Gasteiger partial charge in [0.1, 0.15) is 6.10 Å². The summed E-state index contributed by atoms with van der Waals surface area (Å²) in [6, 6.07) is 0. The monoisotopic (exact) mass is 186 g/mol. The summed E-state index contributed by atoms with van der Waals surface area (Å²) in [4.78, 5) is 10.5. The van der Waals surface area contributed by atoms with Crippen molar-refractivity contribution in [1.82, 2.24) is 0 Å². The van der Waals surface area contributed by atoms with Gasteiger partial charge in [0, 0.05) is 6.92 Å². The van der Waals surface area contributed by atoms with E-state index in [1.165, 1.54) is 6.92 Å². The Morgan fingerprint density at radius 1 is 1.42 bits per heavy atom. The number of esters is 1. The Hall–Kier alpha value is -0.573. The quantitative estimate of drug-likeness (QED) is 0.499. The first-order valence-corrected chi connectivity index (χ1v) is 7.75. The molecule has 1 atom stereocenters. The third-order valence-corrected chi connectivity index (χ3v) is 2.41. The number of hydrogen-bond donors (Lipinski definition) is 0. The molecule has 0 aromatic rings. The minimum atomic E-state index is -1.14. The van der Waals surface area contributed by atoms with Crippen molar-refractivity contribution in [2.24, 2.45) is 0 Å². The summed E-state index contributed by atoms with van der Waals surface area (Å²) >= 11 is 0. The SMILES string of the molecule is CC(=O)OC(C)/C=C/[Si](C)(C)C. The molecule has 2 nitrogen and oxygen atoms in total. The Morgan fingerprint density at radius 2 is 1.92 bits per heavy atom. The van der Waals surface area contributed by atoms with E-state index in [4.69, 9.17) is 4.74 Å². The Morgan fingerprint density at radius 3 is 2.25 bits per heavy atom. The lowest BCUT2D eigenvalue weighted by atomic mass is 10.4. The van der Waals surface area contributed by atoms with Gasteiger partial charge in [-0.25, -0.2) is 0 Å². The van der Waals surface area contributed by atoms with E-state index in [1.807, 2.05) is 13.0 Å². The van der Waals surface area contributed by atoms with Gasteiger partial charge in [0.2, 0.25) is 0 Å². The van der Waals surface area contributed by atoms with Crippen LogP contribution in [0.3, 0.4) is 0 Å². The molecule has 0 radical (unpaired) electrons. The number of hydrogen-bond acceptors (Lipinski definition) is 2. The molecule has 0 spiro atoms. The van der Waals surface area contributed by atoms with Crippen LogP contribution in [0.15, 0.2) is 11.8 Å². The third-order valence-electron chi connectivity index (χ3n) is 1.22. The molecule has 0 rings (SSSR count). The standard InChI is InChI=1S/C9H18O2Si/c1-8(11-9(2)10)6-7-12(3,4)5/h6-8H,1-5H3/b7-6+. The van der Waals surface area contributed by atoms with Crippen molar-refractivity contribution in [3.63, 3.8) is 0 Å². The lowest BCUT2D eigenvalue weighted by Gasteiger charge is -2.11. The molecule has 0 heterocycles. The van der Waals surface area contributed by atoms with Gasteiger partial charge < -0.3 is 4.74 Å². The van der Waals surface area contributed by atoms with Gasteiger partial charge in [0.05, 0.1) is 8.07 Å². The molecule has 0 bridgehead atoms. The molecular weight excluding hydrogens is 168 g/mol. The first kappa shape index (κ1) is 11.4. The molecule has 0 aliphatic carbocycles. The van der Waals surface area contributed by atoms with Crippen LogP contribution in [0.25, 0.3) is 0 Å². The average Bonchev–Trinajstić information content (AvgIpc) is 1.80. The summed E-state index contributed by atoms with van der Waals surface area (Å²) in [5.41, 5.74) is 2.18. The van der Waals surface area contributed by atoms with Crippen LogP contribution in [0.5, 0.6) is 0 Å². The molecule has 12 heavy (non-hydrogen) atoms. The first-order valence-electron chi connectivity index (χ1n) is 4.18. The fourth-order valence-corrected chi connectivity index (χ4v) is 1.57. The predicted octanol–water partition coefficient (Wildman–Crippen LogP) is 2.37. The maximum atomic E-state index is 10.5. The lowest BCUT2D eigenvalue weighted by molar-refractivity contribution is -0.143. The Balaban J connectivity index is 3.91. The largest absolute Gasteiger partial charge is 0.459 e. The van der Waals surface area contributed by atoms with Crippen LogP contribution in [0.4, 0.5) is 0 Å². The van der Waals surface area contributed by atoms with Crippen molar-refractivity contribution in [2.75, 3.05) is 0 Å². The zero-order valence-corrected chi connectivity index (χ0v) is 9.55. The highest BCUT2D eigenvalue weighted by Crippen LogP contribution is 2.04. The second-order valence-corrected chi connectivity index (χ2v) is 9.11. The zero-order valence-electron chi connectivity index (χ0n) is 8.55. The minimum Gasteiger partial charge on any atom is -0.459 e. The molecule has 1 unspecified atom stereocenters. The van der Waals surface area contributed by atoms with Gasteiger partial charge in [-0.15, -0.1) is 0 Å². The van der Waals surface area contributed by atoms with E-state index < -0.39 is 8.07 Å². The molecule has 0 fully saturated rings. The van der Waals surface area contributed by atoms with Crippen molar-refractivity contribution in [3.8, 4) is 0 Å². The van der Waals surface area contributed by atoms with Crippen LogP contribution in [0.2, 0.25) is 19.6 Å². The molecule has 0 N–H and O–H groups in total. The van der Waals surface area contributed by atoms with E-state index in [1.54, 1.807) is 0 Å². The van der Waals surface area contributed by atoms with E-state index >= 15 is 0 Å². The average molecular weight is 186 g/mol. The van der Waals surface area contributed by atoms with E-state index in [0.29, 0.717) is 0 Å². The van der Waals surface area contributed by atoms with Crippen LogP contribution in [0.1, 0.15) is 13.8 Å². The number of rotatable bonds is 3. The van der Waals surface area contributed by atoms with Gasteiger partial charge in [-0.05, 0) is 6.92 Å². The molecular formula is C9H18O2Si. The summed E-state index contributed by atoms with van der Waals surface area (Å²) in [7, 11) is -1.14. The highest BCUT2D eigenvalue weighted by Gasteiger charge is 2.08. The smallest absolute Gasteiger partial charge is 0.303 e. The third kappa shape index (κ3) is 7.53. The maximum Gasteiger partial charge on any atom is 0.303 e. The van der Waals surface area contributed by atoms with Gasteiger partial charge >= 0.3 is 5.97 Å². The molecule has 0 aromatic heterocycles. The van der Waals surface area contributed by atoms with E-state index in [9.17, 15) is 4.79 Å². The lowest BCUT2D eigenvalue weighted by Crippen LogP contribution is -2.18. The normalized spacial score (nSPS) is 14.8. The second kappa shape index (κ2) is 4.45. The second-order valence-electron chi connectivity index (χ2n) is 4.04. The number of ether oxygens (including phenoxy) is 1. The zero-order chi connectivity index (χ0) is 9.78. The van der Waals surface area contributed by atoms with Crippen LogP contribution in [-0.2, 0) is 9.53 Å². The van der Waals surface area contributed by atoms with Crippen molar-refractivity contribution >= 4 is 14.0 Å². The van der Waals surface area contributed by atoms with Gasteiger partial charge in [-0.2, -0.15) is 0 Å². The predicted molar refractivity (Wildman–Crippen MR) is 53.7 cm³/mol. The van der Waals surface area contributed by atoms with Crippen LogP contribution in [-0.4, -0.2) is 20.1 Å². The Kier molecular flexibility index (Phi) is 4.24. The molecule has 0 amide bonds. The molecule has 0 aliphatic heterocycles. The minimum absolute atomic E-state index is 0.0887.